The number of hydrogen-bond donors (Lipinski definition) is 1. The van der Waals surface area contributed by atoms with Crippen molar-refractivity contribution >= 4 is 25.0 Å². The number of rotatable bonds is 7. The van der Waals surface area contributed by atoms with Crippen LogP contribution in [0.25, 0.3) is 0 Å². The standard InChI is InChI=1S/C20H22BFN2O2/c1-12(2)10-23-18-17(21)15(9-14-5-7-16(22)8-6-14)11-24-19(18)20(25)26-13(3)4/h5-8,11,13,23H,1,9-10H2,2-4H3. The van der Waals surface area contributed by atoms with Crippen molar-refractivity contribution in [3.63, 3.8) is 0 Å². The van der Waals surface area contributed by atoms with E-state index in [0.717, 1.165) is 16.7 Å². The molecule has 0 bridgehead atoms. The van der Waals surface area contributed by atoms with Gasteiger partial charge in [0.25, 0.3) is 0 Å². The van der Waals surface area contributed by atoms with Crippen LogP contribution in [0.2, 0.25) is 0 Å². The number of halogens is 1. The predicted octanol–water partition coefficient (Wildman–Crippen LogP) is 3.16. The number of hydrogen-bond acceptors (Lipinski definition) is 4. The first-order chi connectivity index (χ1) is 12.3. The van der Waals surface area contributed by atoms with Crippen molar-refractivity contribution in [2.75, 3.05) is 11.9 Å². The zero-order chi connectivity index (χ0) is 19.3. The second kappa shape index (κ2) is 8.65. The number of benzene rings is 1. The molecule has 1 aromatic heterocycles. The van der Waals surface area contributed by atoms with Gasteiger partial charge in [0.05, 0.1) is 11.8 Å². The molecule has 2 aromatic rings. The highest BCUT2D eigenvalue weighted by Gasteiger charge is 2.19. The maximum atomic E-state index is 13.1. The molecule has 4 nitrogen and oxygen atoms in total. The summed E-state index contributed by atoms with van der Waals surface area (Å²) in [5, 5.41) is 3.12. The predicted molar refractivity (Wildman–Crippen MR) is 103 cm³/mol. The van der Waals surface area contributed by atoms with Gasteiger partial charge in [0.1, 0.15) is 13.7 Å². The number of esters is 1. The number of anilines is 1. The van der Waals surface area contributed by atoms with Crippen LogP contribution >= 0.6 is 0 Å². The Morgan fingerprint density at radius 2 is 2.00 bits per heavy atom. The molecule has 2 rings (SSSR count). The van der Waals surface area contributed by atoms with Crippen LogP contribution in [0.15, 0.2) is 42.6 Å². The second-order valence-electron chi connectivity index (χ2n) is 6.49. The van der Waals surface area contributed by atoms with Gasteiger partial charge >= 0.3 is 5.97 Å². The Labute approximate surface area is 154 Å². The quantitative estimate of drug-likeness (QED) is 0.473. The fourth-order valence-electron chi connectivity index (χ4n) is 2.37. The molecule has 1 aromatic carbocycles. The molecular formula is C20H22BFN2O2. The number of aromatic nitrogens is 1. The summed E-state index contributed by atoms with van der Waals surface area (Å²) in [7, 11) is 6.30. The van der Waals surface area contributed by atoms with Gasteiger partial charge in [-0.1, -0.05) is 29.7 Å². The maximum Gasteiger partial charge on any atom is 0.359 e. The minimum absolute atomic E-state index is 0.139. The SMILES string of the molecule is [B]c1c(Cc2ccc(F)cc2)cnc(C(=O)OC(C)C)c1NCC(=C)C. The number of ether oxygens (including phenoxy) is 1. The van der Waals surface area contributed by atoms with Crippen LogP contribution in [0, 0.1) is 5.82 Å². The van der Waals surface area contributed by atoms with Crippen LogP contribution in [-0.2, 0) is 11.2 Å². The lowest BCUT2D eigenvalue weighted by Crippen LogP contribution is -2.25. The number of nitrogens with zero attached hydrogens (tertiary/aromatic N) is 1. The molecule has 0 atom stereocenters. The summed E-state index contributed by atoms with van der Waals surface area (Å²) in [4.78, 5) is 16.6. The van der Waals surface area contributed by atoms with Gasteiger partial charge in [-0.2, -0.15) is 0 Å². The van der Waals surface area contributed by atoms with Crippen molar-refractivity contribution in [2.24, 2.45) is 0 Å². The molecule has 1 N–H and O–H groups in total. The highest BCUT2D eigenvalue weighted by atomic mass is 19.1. The van der Waals surface area contributed by atoms with Gasteiger partial charge in [-0.25, -0.2) is 14.2 Å². The number of nitrogens with one attached hydrogen (secondary N) is 1. The number of carbonyl (C=O) groups is 1. The van der Waals surface area contributed by atoms with Gasteiger partial charge in [0.15, 0.2) is 5.69 Å². The first-order valence-electron chi connectivity index (χ1n) is 8.39. The molecule has 0 amide bonds. The van der Waals surface area contributed by atoms with Crippen LogP contribution in [0.1, 0.15) is 42.4 Å². The zero-order valence-electron chi connectivity index (χ0n) is 15.3. The van der Waals surface area contributed by atoms with E-state index in [1.807, 2.05) is 6.92 Å². The molecule has 0 fully saturated rings. The Balaban J connectivity index is 2.38. The molecule has 0 saturated carbocycles. The second-order valence-corrected chi connectivity index (χ2v) is 6.49. The van der Waals surface area contributed by atoms with Crippen LogP contribution in [0.5, 0.6) is 0 Å². The summed E-state index contributed by atoms with van der Waals surface area (Å²) >= 11 is 0. The van der Waals surface area contributed by atoms with Crippen molar-refractivity contribution in [3.05, 3.63) is 65.3 Å². The summed E-state index contributed by atoms with van der Waals surface area (Å²) in [6.45, 7) is 9.70. The third-order valence-corrected chi connectivity index (χ3v) is 3.61. The fourth-order valence-corrected chi connectivity index (χ4v) is 2.37. The molecular weight excluding hydrogens is 330 g/mol. The van der Waals surface area contributed by atoms with E-state index < -0.39 is 5.97 Å². The lowest BCUT2D eigenvalue weighted by Gasteiger charge is -2.18. The van der Waals surface area contributed by atoms with E-state index in [2.05, 4.69) is 16.9 Å². The van der Waals surface area contributed by atoms with E-state index in [4.69, 9.17) is 12.6 Å². The third-order valence-electron chi connectivity index (χ3n) is 3.61. The number of carbonyl (C=O) groups excluding carboxylic acids is 1. The Kier molecular flexibility index (Phi) is 6.55. The lowest BCUT2D eigenvalue weighted by atomic mass is 9.86. The largest absolute Gasteiger partial charge is 0.458 e. The van der Waals surface area contributed by atoms with Gasteiger partial charge < -0.3 is 10.1 Å². The molecule has 2 radical (unpaired) electrons. The smallest absolute Gasteiger partial charge is 0.359 e. The molecule has 0 aliphatic rings. The zero-order valence-corrected chi connectivity index (χ0v) is 15.3. The summed E-state index contributed by atoms with van der Waals surface area (Å²) in [5.41, 5.74) is 3.50. The molecule has 134 valence electrons. The highest BCUT2D eigenvalue weighted by Crippen LogP contribution is 2.17. The van der Waals surface area contributed by atoms with E-state index in [1.54, 1.807) is 32.2 Å². The van der Waals surface area contributed by atoms with E-state index in [-0.39, 0.29) is 17.6 Å². The fraction of sp³-hybridized carbons (Fsp3) is 0.300. The molecule has 0 aliphatic heterocycles. The van der Waals surface area contributed by atoms with E-state index in [1.165, 1.54) is 12.1 Å². The van der Waals surface area contributed by atoms with Crippen molar-refractivity contribution in [1.82, 2.24) is 4.98 Å². The monoisotopic (exact) mass is 352 g/mol. The van der Waals surface area contributed by atoms with E-state index in [0.29, 0.717) is 24.1 Å². The first kappa shape index (κ1) is 19.7. The van der Waals surface area contributed by atoms with Crippen molar-refractivity contribution < 1.29 is 13.9 Å². The summed E-state index contributed by atoms with van der Waals surface area (Å²) in [6, 6.07) is 6.18. The summed E-state index contributed by atoms with van der Waals surface area (Å²) in [6.07, 6.45) is 1.76. The van der Waals surface area contributed by atoms with Crippen molar-refractivity contribution in [3.8, 4) is 0 Å². The van der Waals surface area contributed by atoms with Crippen molar-refractivity contribution in [2.45, 2.75) is 33.3 Å². The van der Waals surface area contributed by atoms with Gasteiger partial charge in [-0.15, -0.1) is 0 Å². The molecule has 0 unspecified atom stereocenters. The Morgan fingerprint density at radius 3 is 2.58 bits per heavy atom. The van der Waals surface area contributed by atoms with Gasteiger partial charge in [-0.05, 0) is 50.5 Å². The maximum absolute atomic E-state index is 13.1. The molecule has 1 heterocycles. The third kappa shape index (κ3) is 5.18. The Hall–Kier alpha value is -2.63. The number of pyridine rings is 1. The lowest BCUT2D eigenvalue weighted by molar-refractivity contribution is 0.0372. The normalized spacial score (nSPS) is 10.7. The van der Waals surface area contributed by atoms with Crippen LogP contribution in [0.4, 0.5) is 10.1 Å². The molecule has 0 aliphatic carbocycles. The Morgan fingerprint density at radius 1 is 1.35 bits per heavy atom. The molecule has 0 spiro atoms. The van der Waals surface area contributed by atoms with Gasteiger partial charge in [-0.3, -0.25) is 0 Å². The minimum Gasteiger partial charge on any atom is -0.458 e. The molecule has 0 saturated heterocycles. The summed E-state index contributed by atoms with van der Waals surface area (Å²) in [5.74, 6) is -0.834. The molecule has 26 heavy (non-hydrogen) atoms. The first-order valence-corrected chi connectivity index (χ1v) is 8.39. The topological polar surface area (TPSA) is 51.2 Å². The van der Waals surface area contributed by atoms with Crippen LogP contribution in [0.3, 0.4) is 0 Å². The minimum atomic E-state index is -0.538. The van der Waals surface area contributed by atoms with Gasteiger partial charge in [0.2, 0.25) is 0 Å². The van der Waals surface area contributed by atoms with Crippen LogP contribution in [-0.4, -0.2) is 31.4 Å². The summed E-state index contributed by atoms with van der Waals surface area (Å²) < 4.78 is 18.3. The van der Waals surface area contributed by atoms with Crippen LogP contribution < -0.4 is 10.8 Å². The highest BCUT2D eigenvalue weighted by molar-refractivity contribution is 6.37. The molecule has 6 heteroatoms. The van der Waals surface area contributed by atoms with E-state index in [9.17, 15) is 9.18 Å². The van der Waals surface area contributed by atoms with Crippen molar-refractivity contribution in [1.29, 1.82) is 0 Å². The average molecular weight is 352 g/mol. The van der Waals surface area contributed by atoms with Gasteiger partial charge in [0, 0.05) is 12.7 Å². The average Bonchev–Trinajstić information content (AvgIpc) is 2.56. The Bertz CT molecular complexity index is 804. The van der Waals surface area contributed by atoms with E-state index >= 15 is 0 Å².